The van der Waals surface area contributed by atoms with Gasteiger partial charge in [-0.1, -0.05) is 6.07 Å². The molecule has 8 nitrogen and oxygen atoms in total. The van der Waals surface area contributed by atoms with Crippen LogP contribution in [-0.4, -0.2) is 39.6 Å². The first-order valence-electron chi connectivity index (χ1n) is 9.27. The molecule has 0 atom stereocenters. The van der Waals surface area contributed by atoms with Crippen LogP contribution in [0.4, 0.5) is 17.1 Å². The molecule has 2 aromatic rings. The Labute approximate surface area is 170 Å². The summed E-state index contributed by atoms with van der Waals surface area (Å²) in [5.41, 5.74) is 8.68. The van der Waals surface area contributed by atoms with Crippen molar-refractivity contribution in [2.45, 2.75) is 19.3 Å². The van der Waals surface area contributed by atoms with Gasteiger partial charge in [0.05, 0.1) is 11.9 Å². The number of anilines is 3. The quantitative estimate of drug-likeness (QED) is 0.637. The molecule has 0 bridgehead atoms. The first kappa shape index (κ1) is 20.7. The predicted molar refractivity (Wildman–Crippen MR) is 114 cm³/mol. The molecule has 0 aliphatic carbocycles. The van der Waals surface area contributed by atoms with Crippen LogP contribution in [0.5, 0.6) is 0 Å². The minimum absolute atomic E-state index is 0.144. The molecule has 4 N–H and O–H groups in total. The molecule has 0 fully saturated rings. The van der Waals surface area contributed by atoms with Gasteiger partial charge in [0.15, 0.2) is 0 Å². The number of nitrogens with two attached hydrogens (primary N) is 1. The number of hydrogen-bond donors (Lipinski definition) is 3. The topological polar surface area (TPSA) is 122 Å². The van der Waals surface area contributed by atoms with Crippen LogP contribution in [0.2, 0.25) is 0 Å². The summed E-state index contributed by atoms with van der Waals surface area (Å²) in [7, 11) is -3.36. The normalized spacial score (nSPS) is 13.5. The summed E-state index contributed by atoms with van der Waals surface area (Å²) in [5.74, 6) is -0.661. The van der Waals surface area contributed by atoms with Crippen molar-refractivity contribution in [3.8, 4) is 0 Å². The van der Waals surface area contributed by atoms with Gasteiger partial charge >= 0.3 is 0 Å². The van der Waals surface area contributed by atoms with Gasteiger partial charge in [0, 0.05) is 36.4 Å². The van der Waals surface area contributed by atoms with E-state index in [1.54, 1.807) is 30.3 Å². The molecule has 1 heterocycles. The van der Waals surface area contributed by atoms with E-state index in [0.29, 0.717) is 23.5 Å². The Morgan fingerprint density at radius 3 is 2.52 bits per heavy atom. The molecule has 0 radical (unpaired) electrons. The van der Waals surface area contributed by atoms with E-state index < -0.39 is 15.9 Å². The standard InChI is InChI=1S/C20H24N4O4S/c1-29(27,28)23-17-5-2-6-18-16(17)4-3-12-24(18)13-11-19(25)22-15-9-7-14(8-10-15)20(21)26/h2,5-10,23H,3-4,11-13H2,1H3,(H2,21,26)(H,22,25). The fraction of sp³-hybridized carbons (Fsp3) is 0.300. The van der Waals surface area contributed by atoms with Crippen molar-refractivity contribution in [3.05, 3.63) is 53.6 Å². The monoisotopic (exact) mass is 416 g/mol. The molecule has 0 saturated carbocycles. The molecule has 0 unspecified atom stereocenters. The Balaban J connectivity index is 1.64. The van der Waals surface area contributed by atoms with Crippen molar-refractivity contribution < 1.29 is 18.0 Å². The third-order valence-electron chi connectivity index (χ3n) is 4.70. The number of nitrogens with zero attached hydrogens (tertiary/aromatic N) is 1. The van der Waals surface area contributed by atoms with Crippen molar-refractivity contribution in [2.75, 3.05) is 34.3 Å². The molecule has 1 aliphatic rings. The molecule has 29 heavy (non-hydrogen) atoms. The van der Waals surface area contributed by atoms with E-state index in [1.165, 1.54) is 0 Å². The van der Waals surface area contributed by atoms with Crippen molar-refractivity contribution in [2.24, 2.45) is 5.73 Å². The second-order valence-electron chi connectivity index (χ2n) is 7.01. The Morgan fingerprint density at radius 1 is 1.14 bits per heavy atom. The van der Waals surface area contributed by atoms with Gasteiger partial charge in [0.25, 0.3) is 0 Å². The highest BCUT2D eigenvalue weighted by atomic mass is 32.2. The lowest BCUT2D eigenvalue weighted by molar-refractivity contribution is -0.116. The minimum Gasteiger partial charge on any atom is -0.371 e. The van der Waals surface area contributed by atoms with E-state index in [4.69, 9.17) is 5.73 Å². The number of carbonyl (C=O) groups excluding carboxylic acids is 2. The molecule has 154 valence electrons. The zero-order valence-corrected chi connectivity index (χ0v) is 17.0. The number of carbonyl (C=O) groups is 2. The molecule has 1 aliphatic heterocycles. The maximum absolute atomic E-state index is 12.3. The number of primary amides is 1. The number of fused-ring (bicyclic) bond motifs is 1. The van der Waals surface area contributed by atoms with Crippen molar-refractivity contribution >= 4 is 38.9 Å². The Hall–Kier alpha value is -3.07. The van der Waals surface area contributed by atoms with Gasteiger partial charge in [-0.15, -0.1) is 0 Å². The summed E-state index contributed by atoms with van der Waals surface area (Å²) in [6.45, 7) is 1.32. The third kappa shape index (κ3) is 5.47. The average molecular weight is 417 g/mol. The van der Waals surface area contributed by atoms with E-state index in [2.05, 4.69) is 14.9 Å². The van der Waals surface area contributed by atoms with Crippen LogP contribution in [0.3, 0.4) is 0 Å². The number of rotatable bonds is 7. The molecule has 2 amide bonds. The molecule has 0 saturated heterocycles. The summed E-state index contributed by atoms with van der Waals surface area (Å²) in [4.78, 5) is 25.5. The molecule has 9 heteroatoms. The van der Waals surface area contributed by atoms with Gasteiger partial charge in [-0.05, 0) is 54.8 Å². The summed E-state index contributed by atoms with van der Waals surface area (Å²) in [6, 6.07) is 11.9. The number of hydrogen-bond acceptors (Lipinski definition) is 5. The van der Waals surface area contributed by atoms with E-state index in [9.17, 15) is 18.0 Å². The highest BCUT2D eigenvalue weighted by molar-refractivity contribution is 7.92. The highest BCUT2D eigenvalue weighted by Gasteiger charge is 2.21. The van der Waals surface area contributed by atoms with Crippen LogP contribution in [0.15, 0.2) is 42.5 Å². The SMILES string of the molecule is CS(=O)(=O)Nc1cccc2c1CCCN2CCC(=O)Nc1ccc(C(N)=O)cc1. The maximum atomic E-state index is 12.3. The largest absolute Gasteiger partial charge is 0.371 e. The molecular weight excluding hydrogens is 392 g/mol. The lowest BCUT2D eigenvalue weighted by Gasteiger charge is -2.32. The van der Waals surface area contributed by atoms with Crippen LogP contribution in [0.1, 0.15) is 28.8 Å². The van der Waals surface area contributed by atoms with E-state index >= 15 is 0 Å². The first-order valence-corrected chi connectivity index (χ1v) is 11.2. The minimum atomic E-state index is -3.36. The van der Waals surface area contributed by atoms with Gasteiger partial charge in [-0.2, -0.15) is 0 Å². The second-order valence-corrected chi connectivity index (χ2v) is 8.76. The van der Waals surface area contributed by atoms with Crippen molar-refractivity contribution in [3.63, 3.8) is 0 Å². The van der Waals surface area contributed by atoms with Gasteiger partial charge < -0.3 is 16.0 Å². The summed E-state index contributed by atoms with van der Waals surface area (Å²) < 4.78 is 25.8. The maximum Gasteiger partial charge on any atom is 0.248 e. The van der Waals surface area contributed by atoms with E-state index in [-0.39, 0.29) is 12.3 Å². The lowest BCUT2D eigenvalue weighted by Crippen LogP contribution is -2.33. The van der Waals surface area contributed by atoms with Gasteiger partial charge in [-0.25, -0.2) is 8.42 Å². The summed E-state index contributed by atoms with van der Waals surface area (Å²) in [5, 5.41) is 2.80. The van der Waals surface area contributed by atoms with Crippen molar-refractivity contribution in [1.82, 2.24) is 0 Å². The Kier molecular flexibility index (Phi) is 6.07. The highest BCUT2D eigenvalue weighted by Crippen LogP contribution is 2.33. The fourth-order valence-electron chi connectivity index (χ4n) is 3.41. The van der Waals surface area contributed by atoms with Crippen LogP contribution in [-0.2, 0) is 21.2 Å². The smallest absolute Gasteiger partial charge is 0.248 e. The lowest BCUT2D eigenvalue weighted by atomic mass is 10.00. The van der Waals surface area contributed by atoms with Crippen LogP contribution < -0.4 is 20.7 Å². The Morgan fingerprint density at radius 2 is 1.86 bits per heavy atom. The van der Waals surface area contributed by atoms with Crippen molar-refractivity contribution in [1.29, 1.82) is 0 Å². The van der Waals surface area contributed by atoms with E-state index in [1.807, 2.05) is 12.1 Å². The van der Waals surface area contributed by atoms with Crippen LogP contribution in [0.25, 0.3) is 0 Å². The van der Waals surface area contributed by atoms with Crippen LogP contribution >= 0.6 is 0 Å². The number of amides is 2. The van der Waals surface area contributed by atoms with Gasteiger partial charge in [0.2, 0.25) is 21.8 Å². The zero-order chi connectivity index (χ0) is 21.0. The van der Waals surface area contributed by atoms with Gasteiger partial charge in [0.1, 0.15) is 0 Å². The third-order valence-corrected chi connectivity index (χ3v) is 5.29. The Bertz CT molecular complexity index is 1020. The average Bonchev–Trinajstić information content (AvgIpc) is 2.66. The van der Waals surface area contributed by atoms with Crippen LogP contribution in [0, 0.1) is 0 Å². The molecular formula is C20H24N4O4S. The summed E-state index contributed by atoms with van der Waals surface area (Å²) in [6.07, 6.45) is 3.07. The van der Waals surface area contributed by atoms with Gasteiger partial charge in [-0.3, -0.25) is 14.3 Å². The molecule has 3 rings (SSSR count). The molecule has 2 aromatic carbocycles. The molecule has 0 aromatic heterocycles. The second kappa shape index (κ2) is 8.52. The first-order chi connectivity index (χ1) is 13.7. The predicted octanol–water partition coefficient (Wildman–Crippen LogP) is 1.94. The number of benzene rings is 2. The summed E-state index contributed by atoms with van der Waals surface area (Å²) >= 11 is 0. The zero-order valence-electron chi connectivity index (χ0n) is 16.1. The van der Waals surface area contributed by atoms with E-state index in [0.717, 1.165) is 36.9 Å². The molecule has 0 spiro atoms. The number of nitrogens with one attached hydrogen (secondary N) is 2. The number of sulfonamides is 1. The fourth-order valence-corrected chi connectivity index (χ4v) is 4.00.